The molecule has 1 unspecified atom stereocenters. The second-order valence-electron chi connectivity index (χ2n) is 3.43. The number of aliphatic hydroxyl groups is 2. The van der Waals surface area contributed by atoms with Crippen molar-refractivity contribution < 1.29 is 14.9 Å². The van der Waals surface area contributed by atoms with Crippen LogP contribution in [-0.4, -0.2) is 41.0 Å². The van der Waals surface area contributed by atoms with Crippen molar-refractivity contribution in [2.75, 3.05) is 24.7 Å². The molecule has 90 valence electrons. The number of hydrogen-bond acceptors (Lipinski definition) is 4. The monoisotopic (exact) mass is 242 g/mol. The summed E-state index contributed by atoms with van der Waals surface area (Å²) < 4.78 is 5.51. The van der Waals surface area contributed by atoms with E-state index in [1.54, 1.807) is 11.8 Å². The SMILES string of the molecule is OCC(O)CSCCCOc1ccccc1. The summed E-state index contributed by atoms with van der Waals surface area (Å²) in [6.45, 7) is 0.528. The lowest BCUT2D eigenvalue weighted by Crippen LogP contribution is -2.15. The first-order chi connectivity index (χ1) is 7.83. The third kappa shape index (κ3) is 6.00. The number of ether oxygens (including phenoxy) is 1. The van der Waals surface area contributed by atoms with Crippen LogP contribution in [0.5, 0.6) is 5.75 Å². The maximum Gasteiger partial charge on any atom is 0.119 e. The molecule has 0 saturated carbocycles. The van der Waals surface area contributed by atoms with Gasteiger partial charge in [-0.05, 0) is 24.3 Å². The molecule has 0 aliphatic rings. The Morgan fingerprint density at radius 2 is 2.00 bits per heavy atom. The highest BCUT2D eigenvalue weighted by Crippen LogP contribution is 2.10. The molecule has 0 saturated heterocycles. The first-order valence-electron chi connectivity index (χ1n) is 5.37. The van der Waals surface area contributed by atoms with E-state index in [4.69, 9.17) is 14.9 Å². The number of thioether (sulfide) groups is 1. The lowest BCUT2D eigenvalue weighted by Gasteiger charge is -2.07. The molecule has 4 heteroatoms. The van der Waals surface area contributed by atoms with Gasteiger partial charge < -0.3 is 14.9 Å². The van der Waals surface area contributed by atoms with Crippen LogP contribution in [0.1, 0.15) is 6.42 Å². The van der Waals surface area contributed by atoms with Crippen LogP contribution in [-0.2, 0) is 0 Å². The summed E-state index contributed by atoms with van der Waals surface area (Å²) >= 11 is 1.63. The van der Waals surface area contributed by atoms with Crippen LogP contribution in [0.15, 0.2) is 30.3 Å². The Bertz CT molecular complexity index is 266. The first-order valence-corrected chi connectivity index (χ1v) is 6.53. The molecule has 0 bridgehead atoms. The standard InChI is InChI=1S/C12H18O3S/c13-9-11(14)10-16-8-4-7-15-12-5-2-1-3-6-12/h1-3,5-6,11,13-14H,4,7-10H2. The van der Waals surface area contributed by atoms with Gasteiger partial charge in [0.15, 0.2) is 0 Å². The highest BCUT2D eigenvalue weighted by atomic mass is 32.2. The van der Waals surface area contributed by atoms with Gasteiger partial charge in [-0.1, -0.05) is 18.2 Å². The van der Waals surface area contributed by atoms with E-state index in [9.17, 15) is 0 Å². The van der Waals surface area contributed by atoms with Gasteiger partial charge in [-0.2, -0.15) is 11.8 Å². The van der Waals surface area contributed by atoms with Crippen LogP contribution in [0, 0.1) is 0 Å². The number of benzene rings is 1. The third-order valence-corrected chi connectivity index (χ3v) is 3.16. The van der Waals surface area contributed by atoms with E-state index in [1.165, 1.54) is 0 Å². The summed E-state index contributed by atoms with van der Waals surface area (Å²) in [5.41, 5.74) is 0. The fourth-order valence-corrected chi connectivity index (χ4v) is 2.01. The molecule has 3 nitrogen and oxygen atoms in total. The Morgan fingerprint density at radius 3 is 2.69 bits per heavy atom. The largest absolute Gasteiger partial charge is 0.494 e. The molecule has 0 amide bonds. The molecule has 1 aromatic carbocycles. The fourth-order valence-electron chi connectivity index (χ4n) is 1.14. The Labute approximate surface area is 100 Å². The summed E-state index contributed by atoms with van der Waals surface area (Å²) in [6.07, 6.45) is 0.345. The first kappa shape index (κ1) is 13.4. The number of para-hydroxylation sites is 1. The Balaban J connectivity index is 1.96. The van der Waals surface area contributed by atoms with Gasteiger partial charge in [0.05, 0.1) is 19.3 Å². The molecule has 0 fully saturated rings. The van der Waals surface area contributed by atoms with Crippen LogP contribution in [0.3, 0.4) is 0 Å². The number of rotatable bonds is 8. The lowest BCUT2D eigenvalue weighted by molar-refractivity contribution is 0.113. The van der Waals surface area contributed by atoms with E-state index >= 15 is 0 Å². The lowest BCUT2D eigenvalue weighted by atomic mass is 10.3. The van der Waals surface area contributed by atoms with Gasteiger partial charge in [-0.15, -0.1) is 0 Å². The maximum atomic E-state index is 9.09. The molecule has 0 radical (unpaired) electrons. The Morgan fingerprint density at radius 1 is 1.25 bits per heavy atom. The van der Waals surface area contributed by atoms with E-state index in [1.807, 2.05) is 30.3 Å². The zero-order valence-corrected chi connectivity index (χ0v) is 10.0. The van der Waals surface area contributed by atoms with E-state index in [0.717, 1.165) is 17.9 Å². The van der Waals surface area contributed by atoms with Gasteiger partial charge in [0, 0.05) is 5.75 Å². The number of aliphatic hydroxyl groups excluding tert-OH is 2. The van der Waals surface area contributed by atoms with Crippen molar-refractivity contribution in [1.29, 1.82) is 0 Å². The zero-order valence-electron chi connectivity index (χ0n) is 9.21. The van der Waals surface area contributed by atoms with Crippen LogP contribution >= 0.6 is 11.8 Å². The van der Waals surface area contributed by atoms with Crippen molar-refractivity contribution in [3.05, 3.63) is 30.3 Å². The molecular formula is C12H18O3S. The molecule has 0 aliphatic heterocycles. The van der Waals surface area contributed by atoms with Crippen molar-refractivity contribution >= 4 is 11.8 Å². The predicted molar refractivity (Wildman–Crippen MR) is 67.0 cm³/mol. The van der Waals surface area contributed by atoms with E-state index in [-0.39, 0.29) is 6.61 Å². The van der Waals surface area contributed by atoms with E-state index < -0.39 is 6.10 Å². The molecule has 1 atom stereocenters. The van der Waals surface area contributed by atoms with Crippen LogP contribution in [0.25, 0.3) is 0 Å². The van der Waals surface area contributed by atoms with Crippen molar-refractivity contribution in [3.8, 4) is 5.75 Å². The summed E-state index contributed by atoms with van der Waals surface area (Å²) in [5, 5.41) is 17.7. The van der Waals surface area contributed by atoms with Crippen molar-refractivity contribution in [2.24, 2.45) is 0 Å². The second-order valence-corrected chi connectivity index (χ2v) is 4.58. The van der Waals surface area contributed by atoms with Crippen LogP contribution in [0.2, 0.25) is 0 Å². The van der Waals surface area contributed by atoms with Gasteiger partial charge in [0.25, 0.3) is 0 Å². The predicted octanol–water partition coefficient (Wildman–Crippen LogP) is 1.54. The minimum Gasteiger partial charge on any atom is -0.494 e. The molecule has 1 aromatic rings. The summed E-state index contributed by atoms with van der Waals surface area (Å²) in [4.78, 5) is 0. The summed E-state index contributed by atoms with van der Waals surface area (Å²) in [6, 6.07) is 9.72. The summed E-state index contributed by atoms with van der Waals surface area (Å²) in [5.74, 6) is 2.41. The average Bonchev–Trinajstić information content (AvgIpc) is 2.34. The molecule has 0 heterocycles. The van der Waals surface area contributed by atoms with E-state index in [2.05, 4.69) is 0 Å². The normalized spacial score (nSPS) is 12.4. The minimum absolute atomic E-state index is 0.159. The molecular weight excluding hydrogens is 224 g/mol. The quantitative estimate of drug-likeness (QED) is 0.679. The van der Waals surface area contributed by atoms with Gasteiger partial charge in [-0.25, -0.2) is 0 Å². The zero-order chi connectivity index (χ0) is 11.6. The van der Waals surface area contributed by atoms with Gasteiger partial charge in [0.2, 0.25) is 0 Å². The van der Waals surface area contributed by atoms with Gasteiger partial charge in [-0.3, -0.25) is 0 Å². The highest BCUT2D eigenvalue weighted by Gasteiger charge is 2.00. The minimum atomic E-state index is -0.597. The Hall–Kier alpha value is -0.710. The highest BCUT2D eigenvalue weighted by molar-refractivity contribution is 7.99. The van der Waals surface area contributed by atoms with E-state index in [0.29, 0.717) is 12.4 Å². The van der Waals surface area contributed by atoms with Gasteiger partial charge >= 0.3 is 0 Å². The summed E-state index contributed by atoms with van der Waals surface area (Å²) in [7, 11) is 0. The average molecular weight is 242 g/mol. The number of hydrogen-bond donors (Lipinski definition) is 2. The molecule has 16 heavy (non-hydrogen) atoms. The molecule has 1 rings (SSSR count). The fraction of sp³-hybridized carbons (Fsp3) is 0.500. The second kappa shape index (κ2) is 8.44. The molecule has 0 aliphatic carbocycles. The van der Waals surface area contributed by atoms with Crippen molar-refractivity contribution in [2.45, 2.75) is 12.5 Å². The van der Waals surface area contributed by atoms with Crippen LogP contribution < -0.4 is 4.74 Å². The molecule has 2 N–H and O–H groups in total. The Kier molecular flexibility index (Phi) is 7.05. The van der Waals surface area contributed by atoms with Crippen LogP contribution in [0.4, 0.5) is 0 Å². The smallest absolute Gasteiger partial charge is 0.119 e. The van der Waals surface area contributed by atoms with Gasteiger partial charge in [0.1, 0.15) is 5.75 Å². The third-order valence-electron chi connectivity index (χ3n) is 1.97. The molecule has 0 spiro atoms. The van der Waals surface area contributed by atoms with Crippen molar-refractivity contribution in [1.82, 2.24) is 0 Å². The maximum absolute atomic E-state index is 9.09. The van der Waals surface area contributed by atoms with Crippen molar-refractivity contribution in [3.63, 3.8) is 0 Å². The topological polar surface area (TPSA) is 49.7 Å². The molecule has 0 aromatic heterocycles.